The van der Waals surface area contributed by atoms with Crippen molar-refractivity contribution in [2.24, 2.45) is 0 Å². The van der Waals surface area contributed by atoms with Crippen molar-refractivity contribution in [3.63, 3.8) is 0 Å². The molecule has 0 radical (unpaired) electrons. The molecule has 0 bridgehead atoms. The summed E-state index contributed by atoms with van der Waals surface area (Å²) >= 11 is 3.61. The number of nitrogens with zero attached hydrogens (tertiary/aromatic N) is 4. The summed E-state index contributed by atoms with van der Waals surface area (Å²) in [6, 6.07) is 2.15. The Morgan fingerprint density at radius 3 is 2.52 bits per heavy atom. The van der Waals surface area contributed by atoms with Crippen molar-refractivity contribution < 1.29 is 13.2 Å². The molecule has 0 spiro atoms. The monoisotopic (exact) mass is 454 g/mol. The summed E-state index contributed by atoms with van der Waals surface area (Å²) < 4.78 is 33.3. The predicted molar refractivity (Wildman–Crippen MR) is 106 cm³/mol. The van der Waals surface area contributed by atoms with Gasteiger partial charge in [0.25, 0.3) is 0 Å². The van der Waals surface area contributed by atoms with Gasteiger partial charge < -0.3 is 9.64 Å². The lowest BCUT2D eigenvalue weighted by molar-refractivity contribution is -0.00546. The van der Waals surface area contributed by atoms with Crippen LogP contribution in [-0.2, 0) is 14.6 Å². The van der Waals surface area contributed by atoms with E-state index >= 15 is 0 Å². The first-order valence-corrected chi connectivity index (χ1v) is 11.8. The second kappa shape index (κ2) is 6.15. The minimum absolute atomic E-state index is 0.290. The highest BCUT2D eigenvalue weighted by molar-refractivity contribution is 9.10. The lowest BCUT2D eigenvalue weighted by atomic mass is 10.1. The summed E-state index contributed by atoms with van der Waals surface area (Å²) in [6.45, 7) is 3.85. The Labute approximate surface area is 167 Å². The molecule has 1 saturated carbocycles. The Morgan fingerprint density at radius 1 is 1.22 bits per heavy atom. The number of aromatic nitrogens is 3. The van der Waals surface area contributed by atoms with Crippen molar-refractivity contribution in [1.29, 1.82) is 0 Å². The van der Waals surface area contributed by atoms with Gasteiger partial charge in [-0.25, -0.2) is 17.9 Å². The Bertz CT molecular complexity index is 989. The molecule has 4 heterocycles. The van der Waals surface area contributed by atoms with Gasteiger partial charge in [0, 0.05) is 13.1 Å². The Morgan fingerprint density at radius 2 is 1.93 bits per heavy atom. The van der Waals surface area contributed by atoms with Crippen LogP contribution in [-0.4, -0.2) is 59.3 Å². The molecule has 27 heavy (non-hydrogen) atoms. The molecule has 0 amide bonds. The number of hydrogen-bond acceptors (Lipinski definition) is 6. The largest absolute Gasteiger partial charge is 0.378 e. The van der Waals surface area contributed by atoms with Crippen LogP contribution in [0.5, 0.6) is 0 Å². The lowest BCUT2D eigenvalue weighted by Crippen LogP contribution is -2.57. The molecule has 7 nitrogen and oxygen atoms in total. The van der Waals surface area contributed by atoms with E-state index in [2.05, 4.69) is 37.0 Å². The van der Waals surface area contributed by atoms with E-state index in [9.17, 15) is 8.42 Å². The van der Waals surface area contributed by atoms with Gasteiger partial charge in [-0.15, -0.1) is 0 Å². The molecule has 0 aromatic carbocycles. The first-order chi connectivity index (χ1) is 12.9. The van der Waals surface area contributed by atoms with E-state index in [1.807, 2.05) is 11.4 Å². The van der Waals surface area contributed by atoms with Crippen molar-refractivity contribution in [3.8, 4) is 0 Å². The number of hydrogen-bond donors (Lipinski definition) is 0. The molecular weight excluding hydrogens is 432 g/mol. The average Bonchev–Trinajstić information content (AvgIpc) is 3.43. The standard InChI is InChI=1S/C18H23BrN4O3S/c1-18(9-26-10-18)27(24,25)13-4-6-22(7-5-13)17-16-14(12-2-3-12)8-15(19)23(16)21-11-20-17/h8,11-13H,2-7,9-10H2,1H3. The van der Waals surface area contributed by atoms with Crippen LogP contribution in [0.1, 0.15) is 44.1 Å². The van der Waals surface area contributed by atoms with E-state index in [0.29, 0.717) is 45.1 Å². The van der Waals surface area contributed by atoms with Gasteiger partial charge in [0.15, 0.2) is 15.7 Å². The van der Waals surface area contributed by atoms with Gasteiger partial charge in [0.1, 0.15) is 21.2 Å². The van der Waals surface area contributed by atoms with E-state index in [0.717, 1.165) is 15.9 Å². The van der Waals surface area contributed by atoms with Crippen molar-refractivity contribution in [2.45, 2.75) is 48.5 Å². The molecule has 0 unspecified atom stereocenters. The van der Waals surface area contributed by atoms with Gasteiger partial charge >= 0.3 is 0 Å². The molecule has 0 atom stereocenters. The van der Waals surface area contributed by atoms with Crippen molar-refractivity contribution in [1.82, 2.24) is 14.6 Å². The summed E-state index contributed by atoms with van der Waals surface area (Å²) in [4.78, 5) is 6.80. The normalized spacial score (nSPS) is 23.6. The fourth-order valence-corrected chi connectivity index (χ4v) is 6.93. The van der Waals surface area contributed by atoms with Crippen LogP contribution in [0, 0.1) is 0 Å². The fraction of sp³-hybridized carbons (Fsp3) is 0.667. The van der Waals surface area contributed by atoms with Crippen molar-refractivity contribution >= 4 is 37.1 Å². The van der Waals surface area contributed by atoms with Crippen molar-refractivity contribution in [3.05, 3.63) is 22.6 Å². The first kappa shape index (κ1) is 17.9. The zero-order valence-corrected chi connectivity index (χ0v) is 17.7. The van der Waals surface area contributed by atoms with E-state index in [1.54, 1.807) is 6.33 Å². The Hall–Kier alpha value is -1.19. The highest BCUT2D eigenvalue weighted by atomic mass is 79.9. The third kappa shape index (κ3) is 2.73. The molecule has 146 valence electrons. The summed E-state index contributed by atoms with van der Waals surface area (Å²) in [7, 11) is -3.18. The molecule has 0 N–H and O–H groups in total. The summed E-state index contributed by atoms with van der Waals surface area (Å²) in [6.07, 6.45) is 5.27. The van der Waals surface area contributed by atoms with Gasteiger partial charge in [-0.05, 0) is 66.1 Å². The van der Waals surface area contributed by atoms with Crippen LogP contribution in [0.2, 0.25) is 0 Å². The van der Waals surface area contributed by atoms with Crippen LogP contribution in [0.4, 0.5) is 5.82 Å². The first-order valence-electron chi connectivity index (χ1n) is 9.49. The third-order valence-corrected chi connectivity index (χ3v) is 9.74. The summed E-state index contributed by atoms with van der Waals surface area (Å²) in [5, 5.41) is 4.10. The van der Waals surface area contributed by atoms with Gasteiger partial charge in [-0.2, -0.15) is 5.10 Å². The Kier molecular flexibility index (Phi) is 4.07. The molecule has 2 aromatic heterocycles. The quantitative estimate of drug-likeness (QED) is 0.706. The molecule has 3 fully saturated rings. The fourth-order valence-electron chi connectivity index (χ4n) is 4.29. The van der Waals surface area contributed by atoms with Crippen LogP contribution in [0.25, 0.3) is 5.52 Å². The molecule has 5 rings (SSSR count). The number of ether oxygens (including phenoxy) is 1. The van der Waals surface area contributed by atoms with Gasteiger partial charge in [-0.3, -0.25) is 0 Å². The molecule has 2 saturated heterocycles. The Balaban J connectivity index is 1.42. The molecule has 2 aromatic rings. The molecular formula is C18H23BrN4O3S. The van der Waals surface area contributed by atoms with Gasteiger partial charge in [-0.1, -0.05) is 0 Å². The molecule has 2 aliphatic heterocycles. The van der Waals surface area contributed by atoms with E-state index in [-0.39, 0.29) is 5.25 Å². The number of anilines is 1. The molecule has 9 heteroatoms. The van der Waals surface area contributed by atoms with Gasteiger partial charge in [0.2, 0.25) is 0 Å². The summed E-state index contributed by atoms with van der Waals surface area (Å²) in [5.74, 6) is 1.51. The SMILES string of the molecule is CC1(S(=O)(=O)C2CCN(c3ncnn4c(Br)cc(C5CC5)c34)CC2)COC1. The maximum atomic E-state index is 13.0. The highest BCUT2D eigenvalue weighted by Gasteiger charge is 2.50. The lowest BCUT2D eigenvalue weighted by Gasteiger charge is -2.42. The maximum Gasteiger partial charge on any atom is 0.163 e. The highest BCUT2D eigenvalue weighted by Crippen LogP contribution is 2.45. The van der Waals surface area contributed by atoms with E-state index in [4.69, 9.17) is 4.74 Å². The third-order valence-electron chi connectivity index (χ3n) is 6.22. The second-order valence-electron chi connectivity index (χ2n) is 8.21. The maximum absolute atomic E-state index is 13.0. The average molecular weight is 455 g/mol. The predicted octanol–water partition coefficient (Wildman–Crippen LogP) is 2.54. The van der Waals surface area contributed by atoms with E-state index in [1.165, 1.54) is 18.4 Å². The molecule has 1 aliphatic carbocycles. The van der Waals surface area contributed by atoms with E-state index < -0.39 is 14.6 Å². The smallest absolute Gasteiger partial charge is 0.163 e. The van der Waals surface area contributed by atoms with Crippen LogP contribution in [0.15, 0.2) is 17.0 Å². The minimum atomic E-state index is -3.18. The van der Waals surface area contributed by atoms with Crippen molar-refractivity contribution in [2.75, 3.05) is 31.2 Å². The number of sulfone groups is 1. The number of halogens is 1. The van der Waals surface area contributed by atoms with Crippen LogP contribution < -0.4 is 4.90 Å². The van der Waals surface area contributed by atoms with Gasteiger partial charge in [0.05, 0.1) is 18.5 Å². The number of piperidine rings is 1. The number of rotatable bonds is 4. The summed E-state index contributed by atoms with van der Waals surface area (Å²) in [5.41, 5.74) is 2.36. The zero-order chi connectivity index (χ0) is 18.8. The number of fused-ring (bicyclic) bond motifs is 1. The minimum Gasteiger partial charge on any atom is -0.378 e. The topological polar surface area (TPSA) is 76.8 Å². The van der Waals surface area contributed by atoms with Crippen LogP contribution in [0.3, 0.4) is 0 Å². The molecule has 3 aliphatic rings. The second-order valence-corrected chi connectivity index (χ2v) is 11.8. The zero-order valence-electron chi connectivity index (χ0n) is 15.3. The van der Waals surface area contributed by atoms with Crippen LogP contribution >= 0.6 is 15.9 Å².